The topological polar surface area (TPSA) is 35.5 Å². The van der Waals surface area contributed by atoms with Crippen molar-refractivity contribution in [3.8, 4) is 0 Å². The number of hydrogen-bond acceptors (Lipinski definition) is 3. The zero-order valence-electron chi connectivity index (χ0n) is 7.49. The highest BCUT2D eigenvalue weighted by Crippen LogP contribution is 2.27. The molecule has 0 radical (unpaired) electrons. The standard InChI is InChI=1S/C8H16O3P/c1-2-11-12(9)7-8-5-3-4-6-10-8/h8H,2-7H2,1H3/q+1. The molecule has 2 atom stereocenters. The van der Waals surface area contributed by atoms with Gasteiger partial charge in [0.1, 0.15) is 6.10 Å². The molecular weight excluding hydrogens is 175 g/mol. The maximum Gasteiger partial charge on any atom is 0.510 e. The van der Waals surface area contributed by atoms with Gasteiger partial charge in [-0.2, -0.15) is 0 Å². The fourth-order valence-corrected chi connectivity index (χ4v) is 2.33. The molecule has 0 N–H and O–H groups in total. The van der Waals surface area contributed by atoms with Crippen molar-refractivity contribution in [2.24, 2.45) is 0 Å². The Balaban J connectivity index is 2.15. The van der Waals surface area contributed by atoms with Gasteiger partial charge >= 0.3 is 8.03 Å². The van der Waals surface area contributed by atoms with E-state index in [9.17, 15) is 4.57 Å². The van der Waals surface area contributed by atoms with Gasteiger partial charge in [-0.3, -0.25) is 0 Å². The quantitative estimate of drug-likeness (QED) is 0.640. The minimum Gasteiger partial charge on any atom is -0.374 e. The Bertz CT molecular complexity index is 143. The summed E-state index contributed by atoms with van der Waals surface area (Å²) in [4.78, 5) is 0. The summed E-state index contributed by atoms with van der Waals surface area (Å²) in [6, 6.07) is 0. The van der Waals surface area contributed by atoms with Crippen LogP contribution in [0, 0.1) is 0 Å². The first-order valence-electron chi connectivity index (χ1n) is 4.52. The van der Waals surface area contributed by atoms with Crippen molar-refractivity contribution in [1.82, 2.24) is 0 Å². The van der Waals surface area contributed by atoms with Gasteiger partial charge in [0.2, 0.25) is 6.16 Å². The summed E-state index contributed by atoms with van der Waals surface area (Å²) in [6.07, 6.45) is 4.12. The lowest BCUT2D eigenvalue weighted by molar-refractivity contribution is 0.0294. The Labute approximate surface area is 74.3 Å². The third kappa shape index (κ3) is 3.61. The van der Waals surface area contributed by atoms with Gasteiger partial charge < -0.3 is 4.74 Å². The highest BCUT2D eigenvalue weighted by molar-refractivity contribution is 7.39. The molecule has 0 aromatic heterocycles. The van der Waals surface area contributed by atoms with E-state index >= 15 is 0 Å². The van der Waals surface area contributed by atoms with E-state index in [-0.39, 0.29) is 6.10 Å². The van der Waals surface area contributed by atoms with E-state index in [0.29, 0.717) is 12.8 Å². The van der Waals surface area contributed by atoms with E-state index < -0.39 is 8.03 Å². The van der Waals surface area contributed by atoms with Crippen LogP contribution in [0.4, 0.5) is 0 Å². The molecule has 4 heteroatoms. The van der Waals surface area contributed by atoms with Crippen LogP contribution < -0.4 is 0 Å². The van der Waals surface area contributed by atoms with E-state index in [1.54, 1.807) is 0 Å². The normalized spacial score (nSPS) is 25.4. The molecule has 0 bridgehead atoms. The minimum atomic E-state index is -1.48. The number of rotatable bonds is 4. The third-order valence-corrected chi connectivity index (χ3v) is 3.15. The molecule has 1 rings (SSSR count). The van der Waals surface area contributed by atoms with Crippen molar-refractivity contribution < 1.29 is 13.8 Å². The molecule has 0 aromatic rings. The third-order valence-electron chi connectivity index (χ3n) is 1.90. The predicted molar refractivity (Wildman–Crippen MR) is 47.7 cm³/mol. The van der Waals surface area contributed by atoms with Crippen LogP contribution in [0.25, 0.3) is 0 Å². The van der Waals surface area contributed by atoms with Crippen LogP contribution in [0.3, 0.4) is 0 Å². The molecule has 1 saturated heterocycles. The fourth-order valence-electron chi connectivity index (χ4n) is 1.31. The van der Waals surface area contributed by atoms with Crippen LogP contribution in [0.15, 0.2) is 0 Å². The Kier molecular flexibility index (Phi) is 4.74. The van der Waals surface area contributed by atoms with Gasteiger partial charge in [0.05, 0.1) is 6.61 Å². The van der Waals surface area contributed by atoms with Crippen molar-refractivity contribution >= 4 is 8.03 Å². The van der Waals surface area contributed by atoms with Gasteiger partial charge in [0.25, 0.3) is 0 Å². The first-order valence-corrected chi connectivity index (χ1v) is 5.88. The molecule has 1 aliphatic heterocycles. The number of ether oxygens (including phenoxy) is 1. The van der Waals surface area contributed by atoms with Crippen LogP contribution in [0.2, 0.25) is 0 Å². The SMILES string of the molecule is CCO[P+](=O)CC1CCCCO1. The maximum atomic E-state index is 11.2. The summed E-state index contributed by atoms with van der Waals surface area (Å²) in [6.45, 7) is 3.21. The lowest BCUT2D eigenvalue weighted by Gasteiger charge is -2.17. The van der Waals surface area contributed by atoms with Gasteiger partial charge in [-0.15, -0.1) is 4.52 Å². The molecule has 1 heterocycles. The first-order chi connectivity index (χ1) is 5.83. The summed E-state index contributed by atoms with van der Waals surface area (Å²) in [7, 11) is -1.48. The smallest absolute Gasteiger partial charge is 0.374 e. The summed E-state index contributed by atoms with van der Waals surface area (Å²) < 4.78 is 21.6. The van der Waals surface area contributed by atoms with Crippen LogP contribution >= 0.6 is 8.03 Å². The Morgan fingerprint density at radius 3 is 3.00 bits per heavy atom. The lowest BCUT2D eigenvalue weighted by Crippen LogP contribution is -2.21. The lowest BCUT2D eigenvalue weighted by atomic mass is 10.1. The predicted octanol–water partition coefficient (Wildman–Crippen LogP) is 2.33. The molecule has 0 aliphatic carbocycles. The molecule has 0 spiro atoms. The van der Waals surface area contributed by atoms with E-state index in [0.717, 1.165) is 19.4 Å². The largest absolute Gasteiger partial charge is 0.510 e. The molecular formula is C8H16O3P+. The summed E-state index contributed by atoms with van der Waals surface area (Å²) in [5, 5.41) is 0. The molecule has 12 heavy (non-hydrogen) atoms. The van der Waals surface area contributed by atoms with Gasteiger partial charge in [0, 0.05) is 6.61 Å². The zero-order chi connectivity index (χ0) is 8.81. The minimum absolute atomic E-state index is 0.175. The summed E-state index contributed by atoms with van der Waals surface area (Å²) in [5.74, 6) is 0. The maximum absolute atomic E-state index is 11.2. The Morgan fingerprint density at radius 2 is 2.42 bits per heavy atom. The second kappa shape index (κ2) is 5.63. The average molecular weight is 191 g/mol. The van der Waals surface area contributed by atoms with Crippen LogP contribution in [-0.4, -0.2) is 25.5 Å². The van der Waals surface area contributed by atoms with Crippen LogP contribution in [0.1, 0.15) is 26.2 Å². The molecule has 0 amide bonds. The zero-order valence-corrected chi connectivity index (χ0v) is 8.39. The summed E-state index contributed by atoms with van der Waals surface area (Å²) in [5.41, 5.74) is 0. The fraction of sp³-hybridized carbons (Fsp3) is 1.00. The van der Waals surface area contributed by atoms with Gasteiger partial charge in [0.15, 0.2) is 0 Å². The highest BCUT2D eigenvalue weighted by Gasteiger charge is 2.26. The molecule has 0 aromatic carbocycles. The molecule has 3 nitrogen and oxygen atoms in total. The van der Waals surface area contributed by atoms with Crippen molar-refractivity contribution in [3.63, 3.8) is 0 Å². The van der Waals surface area contributed by atoms with Gasteiger partial charge in [-0.1, -0.05) is 0 Å². The van der Waals surface area contributed by atoms with Crippen LogP contribution in [-0.2, 0) is 13.8 Å². The van der Waals surface area contributed by atoms with Gasteiger partial charge in [-0.05, 0) is 30.8 Å². The molecule has 1 fully saturated rings. The van der Waals surface area contributed by atoms with Crippen molar-refractivity contribution in [2.75, 3.05) is 19.4 Å². The average Bonchev–Trinajstić information content (AvgIpc) is 2.06. The molecule has 2 unspecified atom stereocenters. The summed E-state index contributed by atoms with van der Waals surface area (Å²) >= 11 is 0. The van der Waals surface area contributed by atoms with Gasteiger partial charge in [-0.25, -0.2) is 0 Å². The molecule has 1 aliphatic rings. The second-order valence-electron chi connectivity index (χ2n) is 2.92. The highest BCUT2D eigenvalue weighted by atomic mass is 31.1. The number of hydrogen-bond donors (Lipinski definition) is 0. The Hall–Kier alpha value is 0.0200. The van der Waals surface area contributed by atoms with E-state index in [1.807, 2.05) is 6.92 Å². The monoisotopic (exact) mass is 191 g/mol. The van der Waals surface area contributed by atoms with Crippen molar-refractivity contribution in [3.05, 3.63) is 0 Å². The van der Waals surface area contributed by atoms with E-state index in [2.05, 4.69) is 0 Å². The molecule has 0 saturated carbocycles. The van der Waals surface area contributed by atoms with Crippen LogP contribution in [0.5, 0.6) is 0 Å². The van der Waals surface area contributed by atoms with E-state index in [4.69, 9.17) is 9.26 Å². The molecule has 70 valence electrons. The van der Waals surface area contributed by atoms with Crippen molar-refractivity contribution in [1.29, 1.82) is 0 Å². The first kappa shape index (κ1) is 10.1. The van der Waals surface area contributed by atoms with Crippen molar-refractivity contribution in [2.45, 2.75) is 32.3 Å². The van der Waals surface area contributed by atoms with E-state index in [1.165, 1.54) is 6.42 Å². The Morgan fingerprint density at radius 1 is 1.58 bits per heavy atom. The second-order valence-corrected chi connectivity index (χ2v) is 4.21.